The van der Waals surface area contributed by atoms with E-state index in [0.717, 1.165) is 19.2 Å². The minimum Gasteiger partial charge on any atom is -0.507 e. The lowest BCUT2D eigenvalue weighted by atomic mass is 9.68. The number of phenolic OH excluding ortho intramolecular Hbond substituents is 2. The van der Waals surface area contributed by atoms with E-state index in [1.54, 1.807) is 19.0 Å². The maximum atomic E-state index is 14.2. The van der Waals surface area contributed by atoms with E-state index < -0.39 is 87.9 Å². The summed E-state index contributed by atoms with van der Waals surface area (Å²) in [5.74, 6) is -5.77. The van der Waals surface area contributed by atoms with Gasteiger partial charge in [-0.3, -0.25) is 14.4 Å². The van der Waals surface area contributed by atoms with E-state index in [-0.39, 0.29) is 40.0 Å². The topological polar surface area (TPSA) is 204 Å². The molecule has 2 aliphatic heterocycles. The molecule has 6 N–H and O–H groups in total. The van der Waals surface area contributed by atoms with Crippen LogP contribution in [0.1, 0.15) is 80.8 Å². The number of aliphatic hydroxyl groups is 4. The number of fused-ring (bicyclic) bond motifs is 8. The van der Waals surface area contributed by atoms with Crippen LogP contribution < -0.4 is 4.74 Å². The molecule has 0 aromatic heterocycles. The van der Waals surface area contributed by atoms with Gasteiger partial charge in [-0.2, -0.15) is 0 Å². The zero-order valence-corrected chi connectivity index (χ0v) is 23.4. The third-order valence-electron chi connectivity index (χ3n) is 9.11. The maximum Gasteiger partial charge on any atom is 0.316 e. The second-order valence-electron chi connectivity index (χ2n) is 12.0. The van der Waals surface area contributed by atoms with Gasteiger partial charge in [0, 0.05) is 23.1 Å². The van der Waals surface area contributed by atoms with Crippen LogP contribution in [0.3, 0.4) is 0 Å². The summed E-state index contributed by atoms with van der Waals surface area (Å²) < 4.78 is 16.7. The Balaban J connectivity index is 1.60. The summed E-state index contributed by atoms with van der Waals surface area (Å²) in [6, 6.07) is 1.44. The van der Waals surface area contributed by atoms with Gasteiger partial charge in [0.25, 0.3) is 0 Å². The number of rotatable bonds is 2. The number of carbonyl (C=O) groups excluding carboxylic acids is 3. The van der Waals surface area contributed by atoms with Gasteiger partial charge in [0.15, 0.2) is 5.78 Å². The standard InChI is InChI=1S/C29H31NO12/c1-28(39)8-13(32)14-9(18(28)26(38)40-5)6-10-15(21(14)34)22(35)16-12(31)7-11-24(17(16)20(10)33)41-27-23(36)19(30(3)4)25(37)29(11,2)42-27/h6-7,13,18-19,23,25,27,31-32,34,36-37,39H,8H2,1-5H3/t13-,18-,19+,23+,25-,27-,28-,29+/m0/s1. The molecule has 6 rings (SSSR count). The lowest BCUT2D eigenvalue weighted by molar-refractivity contribution is -0.311. The molecule has 2 aromatic carbocycles. The monoisotopic (exact) mass is 585 g/mol. The van der Waals surface area contributed by atoms with E-state index in [1.807, 2.05) is 0 Å². The predicted octanol–water partition coefficient (Wildman–Crippen LogP) is -0.0662. The summed E-state index contributed by atoms with van der Waals surface area (Å²) in [7, 11) is 4.39. The highest BCUT2D eigenvalue weighted by atomic mass is 16.7. The third kappa shape index (κ3) is 3.49. The number of aliphatic hydroxyl groups excluding tert-OH is 3. The smallest absolute Gasteiger partial charge is 0.316 e. The van der Waals surface area contributed by atoms with Crippen LogP contribution in [0.15, 0.2) is 12.1 Å². The molecule has 13 nitrogen and oxygen atoms in total. The van der Waals surface area contributed by atoms with Crippen molar-refractivity contribution in [2.45, 2.75) is 68.0 Å². The van der Waals surface area contributed by atoms with Crippen molar-refractivity contribution in [1.82, 2.24) is 4.90 Å². The quantitative estimate of drug-likeness (QED) is 0.218. The second kappa shape index (κ2) is 8.96. The van der Waals surface area contributed by atoms with Gasteiger partial charge in [-0.25, -0.2) is 0 Å². The van der Waals surface area contributed by atoms with Crippen LogP contribution >= 0.6 is 0 Å². The number of phenols is 2. The number of nitrogens with zero attached hydrogens (tertiary/aromatic N) is 1. The molecule has 224 valence electrons. The van der Waals surface area contributed by atoms with Crippen molar-refractivity contribution in [3.63, 3.8) is 0 Å². The number of ether oxygens (including phenoxy) is 3. The summed E-state index contributed by atoms with van der Waals surface area (Å²) in [6.07, 6.45) is -5.98. The van der Waals surface area contributed by atoms with Crippen LogP contribution in [-0.4, -0.2) is 104 Å². The van der Waals surface area contributed by atoms with Crippen molar-refractivity contribution in [1.29, 1.82) is 0 Å². The van der Waals surface area contributed by atoms with Crippen LogP contribution in [0.25, 0.3) is 0 Å². The fraction of sp³-hybridized carbons (Fsp3) is 0.483. The maximum absolute atomic E-state index is 14.2. The van der Waals surface area contributed by atoms with Crippen LogP contribution in [0.5, 0.6) is 17.2 Å². The van der Waals surface area contributed by atoms with Crippen LogP contribution in [0.4, 0.5) is 0 Å². The van der Waals surface area contributed by atoms with Crippen molar-refractivity contribution >= 4 is 17.5 Å². The van der Waals surface area contributed by atoms with Crippen molar-refractivity contribution in [3.8, 4) is 17.2 Å². The van der Waals surface area contributed by atoms with Crippen LogP contribution in [0.2, 0.25) is 0 Å². The first kappa shape index (κ1) is 28.5. The lowest BCUT2D eigenvalue weighted by Crippen LogP contribution is -2.68. The minimum absolute atomic E-state index is 0.0545. The number of hydrogen-bond donors (Lipinski definition) is 6. The van der Waals surface area contributed by atoms with Gasteiger partial charge in [-0.05, 0) is 45.6 Å². The number of hydrogen-bond acceptors (Lipinski definition) is 13. The minimum atomic E-state index is -1.83. The first-order chi connectivity index (χ1) is 19.6. The molecule has 0 amide bonds. The molecule has 0 saturated carbocycles. The van der Waals surface area contributed by atoms with Crippen molar-refractivity contribution in [3.05, 3.63) is 51.1 Å². The fourth-order valence-electron chi connectivity index (χ4n) is 7.07. The summed E-state index contributed by atoms with van der Waals surface area (Å²) in [4.78, 5) is 42.4. The van der Waals surface area contributed by atoms with E-state index in [0.29, 0.717) is 0 Å². The Morgan fingerprint density at radius 3 is 2.33 bits per heavy atom. The number of methoxy groups -OCH3 is 1. The molecule has 8 atom stereocenters. The zero-order chi connectivity index (χ0) is 30.8. The SMILES string of the molecule is COC(=O)[C@@H]1c2cc3c(c(O)c2[C@@H](O)C[C@]1(C)O)C(=O)c1c(O)cc2c(c1C3=O)O[C@H]1O[C@@]2(C)[C@@H](O)[C@H](N(C)C)[C@H]1O. The van der Waals surface area contributed by atoms with Gasteiger partial charge in [0.2, 0.25) is 12.1 Å². The number of carbonyl (C=O) groups is 3. The van der Waals surface area contributed by atoms with E-state index >= 15 is 0 Å². The molecule has 0 radical (unpaired) electrons. The fourth-order valence-corrected chi connectivity index (χ4v) is 7.07. The summed E-state index contributed by atoms with van der Waals surface area (Å²) in [5.41, 5.74) is -5.43. The summed E-state index contributed by atoms with van der Waals surface area (Å²) >= 11 is 0. The molecule has 2 aliphatic carbocycles. The van der Waals surface area contributed by atoms with Crippen LogP contribution in [-0.2, 0) is 19.9 Å². The number of aromatic hydroxyl groups is 2. The molecular weight excluding hydrogens is 554 g/mol. The van der Waals surface area contributed by atoms with Crippen molar-refractivity contribution in [2.24, 2.45) is 0 Å². The highest BCUT2D eigenvalue weighted by Crippen LogP contribution is 2.55. The average molecular weight is 586 g/mol. The van der Waals surface area contributed by atoms with E-state index in [9.17, 15) is 45.0 Å². The van der Waals surface area contributed by atoms with Crippen molar-refractivity contribution < 1.29 is 59.2 Å². The van der Waals surface area contributed by atoms with Gasteiger partial charge in [-0.15, -0.1) is 0 Å². The molecule has 42 heavy (non-hydrogen) atoms. The Morgan fingerprint density at radius 2 is 1.71 bits per heavy atom. The Morgan fingerprint density at radius 1 is 1.05 bits per heavy atom. The summed E-state index contributed by atoms with van der Waals surface area (Å²) in [6.45, 7) is 2.81. The van der Waals surface area contributed by atoms with E-state index in [2.05, 4.69) is 0 Å². The number of benzene rings is 2. The predicted molar refractivity (Wildman–Crippen MR) is 140 cm³/mol. The third-order valence-corrected chi connectivity index (χ3v) is 9.11. The molecule has 2 aromatic rings. The first-order valence-corrected chi connectivity index (χ1v) is 13.3. The Hall–Kier alpha value is -3.59. The Labute approximate surface area is 239 Å². The zero-order valence-electron chi connectivity index (χ0n) is 23.4. The molecule has 2 heterocycles. The summed E-state index contributed by atoms with van der Waals surface area (Å²) in [5, 5.41) is 66.5. The average Bonchev–Trinajstić information content (AvgIpc) is 2.89. The van der Waals surface area contributed by atoms with E-state index in [4.69, 9.17) is 14.2 Å². The van der Waals surface area contributed by atoms with Gasteiger partial charge in [0.05, 0.1) is 41.5 Å². The molecule has 1 fully saturated rings. The molecule has 0 spiro atoms. The highest BCUT2D eigenvalue weighted by Gasteiger charge is 2.59. The Bertz CT molecular complexity index is 1580. The molecule has 1 saturated heterocycles. The van der Waals surface area contributed by atoms with Gasteiger partial charge in [0.1, 0.15) is 41.0 Å². The highest BCUT2D eigenvalue weighted by molar-refractivity contribution is 6.31. The van der Waals surface area contributed by atoms with Crippen molar-refractivity contribution in [2.75, 3.05) is 21.2 Å². The second-order valence-corrected chi connectivity index (χ2v) is 12.0. The largest absolute Gasteiger partial charge is 0.507 e. The Kier molecular flexibility index (Phi) is 6.08. The first-order valence-electron chi connectivity index (χ1n) is 13.3. The van der Waals surface area contributed by atoms with Gasteiger partial charge in [-0.1, -0.05) is 0 Å². The number of ketones is 2. The normalized spacial score (nSPS) is 34.6. The van der Waals surface area contributed by atoms with E-state index in [1.165, 1.54) is 13.8 Å². The number of esters is 1. The molecule has 13 heteroatoms. The molecular formula is C29H31NO12. The molecule has 2 bridgehead atoms. The molecule has 0 unspecified atom stereocenters. The number of likely N-dealkylation sites (N-methyl/N-ethyl adjacent to an activating group) is 1. The van der Waals surface area contributed by atoms with Gasteiger partial charge < -0.3 is 49.7 Å². The van der Waals surface area contributed by atoms with Gasteiger partial charge >= 0.3 is 5.97 Å². The van der Waals surface area contributed by atoms with Crippen LogP contribution in [0, 0.1) is 0 Å². The lowest BCUT2D eigenvalue weighted by Gasteiger charge is -2.53. The molecule has 4 aliphatic rings.